The highest BCUT2D eigenvalue weighted by Crippen LogP contribution is 2.16. The number of benzene rings is 2. The lowest BCUT2D eigenvalue weighted by Gasteiger charge is -2.01. The van der Waals surface area contributed by atoms with Gasteiger partial charge in [0.05, 0.1) is 16.6 Å². The van der Waals surface area contributed by atoms with Crippen molar-refractivity contribution in [2.45, 2.75) is 6.92 Å². The van der Waals surface area contributed by atoms with E-state index in [1.54, 1.807) is 12.1 Å². The average molecular weight is 259 g/mol. The molecule has 0 spiro atoms. The second kappa shape index (κ2) is 4.03. The minimum absolute atomic E-state index is 0.0851. The molecule has 1 heterocycles. The van der Waals surface area contributed by atoms with Crippen LogP contribution in [-0.4, -0.2) is 9.78 Å². The highest BCUT2D eigenvalue weighted by atomic mass is 35.5. The van der Waals surface area contributed by atoms with Crippen LogP contribution < -0.4 is 5.56 Å². The fourth-order valence-corrected chi connectivity index (χ4v) is 2.20. The molecule has 0 aliphatic heterocycles. The second-order valence-corrected chi connectivity index (χ2v) is 4.72. The number of H-pyrrole nitrogens is 1. The molecule has 1 aromatic heterocycles. The van der Waals surface area contributed by atoms with Gasteiger partial charge in [-0.25, -0.2) is 4.68 Å². The van der Waals surface area contributed by atoms with E-state index in [1.807, 2.05) is 37.3 Å². The zero-order valence-electron chi connectivity index (χ0n) is 9.77. The molecule has 0 aliphatic carbocycles. The van der Waals surface area contributed by atoms with Crippen LogP contribution >= 0.6 is 11.6 Å². The maximum Gasteiger partial charge on any atom is 0.279 e. The average Bonchev–Trinajstić information content (AvgIpc) is 2.67. The summed E-state index contributed by atoms with van der Waals surface area (Å²) in [4.78, 5) is 12.3. The summed E-state index contributed by atoms with van der Waals surface area (Å²) in [7, 11) is 0. The van der Waals surface area contributed by atoms with Crippen molar-refractivity contribution in [3.05, 3.63) is 63.4 Å². The van der Waals surface area contributed by atoms with Gasteiger partial charge in [0.2, 0.25) is 0 Å². The quantitative estimate of drug-likeness (QED) is 0.715. The number of fused-ring (bicyclic) bond motifs is 1. The van der Waals surface area contributed by atoms with E-state index >= 15 is 0 Å². The van der Waals surface area contributed by atoms with Crippen molar-refractivity contribution >= 4 is 22.5 Å². The molecule has 1 N–H and O–H groups in total. The van der Waals surface area contributed by atoms with E-state index in [1.165, 1.54) is 4.68 Å². The fraction of sp³-hybridized carbons (Fsp3) is 0.0714. The Bertz CT molecular complexity index is 786. The standard InChI is InChI=1S/C14H11ClN2O/c1-9-3-2-4-11(7-9)17-14(18)12-8-10(15)5-6-13(12)16-17/h2-8,16H,1H3. The minimum Gasteiger partial charge on any atom is -0.290 e. The number of nitrogens with zero attached hydrogens (tertiary/aromatic N) is 1. The first-order chi connectivity index (χ1) is 8.65. The van der Waals surface area contributed by atoms with E-state index in [2.05, 4.69) is 5.10 Å². The molecular weight excluding hydrogens is 248 g/mol. The van der Waals surface area contributed by atoms with Crippen LogP contribution in [-0.2, 0) is 0 Å². The molecule has 0 radical (unpaired) electrons. The van der Waals surface area contributed by atoms with E-state index in [4.69, 9.17) is 11.6 Å². The number of halogens is 1. The predicted octanol–water partition coefficient (Wildman–Crippen LogP) is 3.28. The van der Waals surface area contributed by atoms with E-state index in [-0.39, 0.29) is 5.56 Å². The van der Waals surface area contributed by atoms with Crippen molar-refractivity contribution in [2.75, 3.05) is 0 Å². The number of aromatic nitrogens is 2. The molecule has 0 amide bonds. The van der Waals surface area contributed by atoms with Gasteiger partial charge in [-0.2, -0.15) is 0 Å². The second-order valence-electron chi connectivity index (χ2n) is 4.28. The molecule has 0 unspecified atom stereocenters. The van der Waals surface area contributed by atoms with Gasteiger partial charge >= 0.3 is 0 Å². The smallest absolute Gasteiger partial charge is 0.279 e. The predicted molar refractivity (Wildman–Crippen MR) is 73.6 cm³/mol. The number of hydrogen-bond donors (Lipinski definition) is 1. The van der Waals surface area contributed by atoms with Gasteiger partial charge in [-0.3, -0.25) is 9.89 Å². The van der Waals surface area contributed by atoms with Crippen LogP contribution in [0.15, 0.2) is 47.3 Å². The first-order valence-corrected chi connectivity index (χ1v) is 6.00. The van der Waals surface area contributed by atoms with E-state index in [0.717, 1.165) is 16.8 Å². The molecule has 18 heavy (non-hydrogen) atoms. The zero-order valence-corrected chi connectivity index (χ0v) is 10.5. The lowest BCUT2D eigenvalue weighted by atomic mass is 10.2. The molecule has 0 saturated heterocycles. The third kappa shape index (κ3) is 1.73. The number of rotatable bonds is 1. The highest BCUT2D eigenvalue weighted by Gasteiger charge is 2.08. The van der Waals surface area contributed by atoms with E-state index in [9.17, 15) is 4.79 Å². The van der Waals surface area contributed by atoms with Gasteiger partial charge in [-0.1, -0.05) is 23.7 Å². The van der Waals surface area contributed by atoms with Crippen molar-refractivity contribution in [3.63, 3.8) is 0 Å². The summed E-state index contributed by atoms with van der Waals surface area (Å²) < 4.78 is 1.54. The van der Waals surface area contributed by atoms with Crippen molar-refractivity contribution in [2.24, 2.45) is 0 Å². The van der Waals surface area contributed by atoms with Crippen LogP contribution in [0.4, 0.5) is 0 Å². The van der Waals surface area contributed by atoms with Crippen LogP contribution in [0.1, 0.15) is 5.56 Å². The van der Waals surface area contributed by atoms with Gasteiger partial charge in [0.15, 0.2) is 0 Å². The summed E-state index contributed by atoms with van der Waals surface area (Å²) in [5, 5.41) is 4.25. The fourth-order valence-electron chi connectivity index (χ4n) is 2.03. The Balaban J connectivity index is 2.31. The molecule has 4 heteroatoms. The van der Waals surface area contributed by atoms with Crippen molar-refractivity contribution in [3.8, 4) is 5.69 Å². The van der Waals surface area contributed by atoms with Crippen LogP contribution in [0.25, 0.3) is 16.6 Å². The summed E-state index contributed by atoms with van der Waals surface area (Å²) in [6.45, 7) is 1.99. The molecule has 0 aliphatic rings. The maximum absolute atomic E-state index is 12.3. The Hall–Kier alpha value is -2.00. The van der Waals surface area contributed by atoms with Crippen molar-refractivity contribution in [1.29, 1.82) is 0 Å². The number of aromatic amines is 1. The summed E-state index contributed by atoms with van der Waals surface area (Å²) in [6, 6.07) is 13.0. The largest absolute Gasteiger partial charge is 0.290 e. The van der Waals surface area contributed by atoms with Crippen molar-refractivity contribution in [1.82, 2.24) is 9.78 Å². The monoisotopic (exact) mass is 258 g/mol. The Kier molecular flexibility index (Phi) is 2.49. The van der Waals surface area contributed by atoms with Crippen LogP contribution in [0.2, 0.25) is 5.02 Å². The molecule has 3 nitrogen and oxygen atoms in total. The molecule has 3 aromatic rings. The first-order valence-electron chi connectivity index (χ1n) is 5.62. The van der Waals surface area contributed by atoms with Gasteiger partial charge in [-0.15, -0.1) is 0 Å². The Labute approximate surface area is 109 Å². The van der Waals surface area contributed by atoms with Gasteiger partial charge in [0, 0.05) is 5.02 Å². The summed E-state index contributed by atoms with van der Waals surface area (Å²) in [5.74, 6) is 0. The zero-order chi connectivity index (χ0) is 12.7. The van der Waals surface area contributed by atoms with Crippen LogP contribution in [0.3, 0.4) is 0 Å². The number of aryl methyl sites for hydroxylation is 1. The Morgan fingerprint density at radius 1 is 1.17 bits per heavy atom. The lowest BCUT2D eigenvalue weighted by molar-refractivity contribution is 0.862. The molecule has 0 fully saturated rings. The van der Waals surface area contributed by atoms with Gasteiger partial charge in [0.1, 0.15) is 0 Å². The molecule has 0 saturated carbocycles. The maximum atomic E-state index is 12.3. The third-order valence-electron chi connectivity index (χ3n) is 2.91. The van der Waals surface area contributed by atoms with Gasteiger partial charge in [0.25, 0.3) is 5.56 Å². The first kappa shape index (κ1) is 11.1. The van der Waals surface area contributed by atoms with Gasteiger partial charge in [-0.05, 0) is 42.8 Å². The summed E-state index contributed by atoms with van der Waals surface area (Å²) in [5.41, 5.74) is 2.63. The van der Waals surface area contributed by atoms with E-state index in [0.29, 0.717) is 10.4 Å². The summed E-state index contributed by atoms with van der Waals surface area (Å²) >= 11 is 5.91. The van der Waals surface area contributed by atoms with Gasteiger partial charge < -0.3 is 0 Å². The summed E-state index contributed by atoms with van der Waals surface area (Å²) in [6.07, 6.45) is 0. The van der Waals surface area contributed by atoms with Crippen LogP contribution in [0, 0.1) is 6.92 Å². The third-order valence-corrected chi connectivity index (χ3v) is 3.14. The molecule has 2 aromatic carbocycles. The lowest BCUT2D eigenvalue weighted by Crippen LogP contribution is -2.14. The number of hydrogen-bond acceptors (Lipinski definition) is 1. The topological polar surface area (TPSA) is 37.8 Å². The molecular formula is C14H11ClN2O. The number of nitrogens with one attached hydrogen (secondary N) is 1. The molecule has 0 atom stereocenters. The minimum atomic E-state index is -0.0851. The highest BCUT2D eigenvalue weighted by molar-refractivity contribution is 6.31. The van der Waals surface area contributed by atoms with Crippen molar-refractivity contribution < 1.29 is 0 Å². The van der Waals surface area contributed by atoms with Crippen LogP contribution in [0.5, 0.6) is 0 Å². The normalized spacial score (nSPS) is 11.0. The Morgan fingerprint density at radius 2 is 2.00 bits per heavy atom. The SMILES string of the molecule is Cc1cccc(-n2[nH]c3ccc(Cl)cc3c2=O)c1. The Morgan fingerprint density at radius 3 is 2.78 bits per heavy atom. The molecule has 90 valence electrons. The molecule has 3 rings (SSSR count). The molecule has 0 bridgehead atoms. The van der Waals surface area contributed by atoms with E-state index < -0.39 is 0 Å².